The highest BCUT2D eigenvalue weighted by Crippen LogP contribution is 2.23. The fraction of sp³-hybridized carbons (Fsp3) is 0.714. The van der Waals surface area contributed by atoms with Crippen molar-refractivity contribution in [1.29, 1.82) is 5.26 Å². The average molecular weight is 261 g/mol. The van der Waals surface area contributed by atoms with Gasteiger partial charge < -0.3 is 4.57 Å². The molecule has 0 spiro atoms. The number of hydrogen-bond donors (Lipinski definition) is 1. The molecule has 0 aliphatic heterocycles. The Morgan fingerprint density at radius 1 is 1.63 bits per heavy atom. The lowest BCUT2D eigenvalue weighted by molar-refractivity contribution is 0.273. The fourth-order valence-electron chi connectivity index (χ4n) is 2.12. The minimum Gasteiger partial charge on any atom is -0.337 e. The summed E-state index contributed by atoms with van der Waals surface area (Å²) in [6.45, 7) is 3.70. The molecular formula is C14H23N5. The van der Waals surface area contributed by atoms with Gasteiger partial charge in [-0.3, -0.25) is 10.2 Å². The highest BCUT2D eigenvalue weighted by Gasteiger charge is 2.32. The maximum Gasteiger partial charge on any atom is 0.122 e. The van der Waals surface area contributed by atoms with Crippen molar-refractivity contribution in [2.45, 2.75) is 44.3 Å². The summed E-state index contributed by atoms with van der Waals surface area (Å²) in [6, 6.07) is 2.98. The Morgan fingerprint density at radius 3 is 2.89 bits per heavy atom. The molecule has 0 amide bonds. The normalized spacial score (nSPS) is 18.3. The zero-order valence-corrected chi connectivity index (χ0v) is 12.1. The highest BCUT2D eigenvalue weighted by atomic mass is 15.2. The predicted octanol–water partition coefficient (Wildman–Crippen LogP) is 1.28. The summed E-state index contributed by atoms with van der Waals surface area (Å²) >= 11 is 0. The van der Waals surface area contributed by atoms with Crippen LogP contribution in [0, 0.1) is 11.3 Å². The van der Waals surface area contributed by atoms with Gasteiger partial charge in [-0.05, 0) is 33.2 Å². The van der Waals surface area contributed by atoms with Gasteiger partial charge >= 0.3 is 0 Å². The van der Waals surface area contributed by atoms with Gasteiger partial charge in [0.25, 0.3) is 0 Å². The van der Waals surface area contributed by atoms with Crippen molar-refractivity contribution in [3.8, 4) is 6.07 Å². The van der Waals surface area contributed by atoms with E-state index in [0.717, 1.165) is 25.3 Å². The van der Waals surface area contributed by atoms with Gasteiger partial charge in [-0.1, -0.05) is 0 Å². The summed E-state index contributed by atoms with van der Waals surface area (Å²) in [5.74, 6) is 1.05. The Labute approximate surface area is 115 Å². The van der Waals surface area contributed by atoms with Crippen LogP contribution in [0.15, 0.2) is 12.4 Å². The van der Waals surface area contributed by atoms with Crippen LogP contribution in [0.4, 0.5) is 0 Å². The number of imidazole rings is 1. The van der Waals surface area contributed by atoms with Crippen molar-refractivity contribution in [3.05, 3.63) is 18.2 Å². The first-order chi connectivity index (χ1) is 9.02. The number of nitrogens with one attached hydrogen (secondary N) is 1. The van der Waals surface area contributed by atoms with E-state index in [-0.39, 0.29) is 0 Å². The van der Waals surface area contributed by atoms with E-state index < -0.39 is 5.54 Å². The number of aryl methyl sites for hydroxylation is 1. The Balaban J connectivity index is 1.80. The van der Waals surface area contributed by atoms with Gasteiger partial charge in [-0.2, -0.15) is 5.26 Å². The third-order valence-corrected chi connectivity index (χ3v) is 3.67. The second-order valence-electron chi connectivity index (χ2n) is 5.80. The minimum atomic E-state index is -0.406. The van der Waals surface area contributed by atoms with Crippen LogP contribution >= 0.6 is 0 Å². The molecule has 1 aromatic rings. The van der Waals surface area contributed by atoms with E-state index >= 15 is 0 Å². The van der Waals surface area contributed by atoms with Crippen LogP contribution in [0.3, 0.4) is 0 Å². The van der Waals surface area contributed by atoms with Crippen LogP contribution in [0.2, 0.25) is 0 Å². The van der Waals surface area contributed by atoms with E-state index in [1.807, 2.05) is 30.9 Å². The summed E-state index contributed by atoms with van der Waals surface area (Å²) in [4.78, 5) is 6.53. The SMILES string of the molecule is CN(CCC(C)(C#N)NC1CC1)Cc1nccn1C. The first kappa shape index (κ1) is 14.0. The van der Waals surface area contributed by atoms with Crippen molar-refractivity contribution >= 4 is 0 Å². The predicted molar refractivity (Wildman–Crippen MR) is 74.3 cm³/mol. The third kappa shape index (κ3) is 4.05. The smallest absolute Gasteiger partial charge is 0.122 e. The molecule has 1 aromatic heterocycles. The molecule has 1 saturated carbocycles. The topological polar surface area (TPSA) is 56.9 Å². The quantitative estimate of drug-likeness (QED) is 0.803. The van der Waals surface area contributed by atoms with Crippen LogP contribution in [-0.2, 0) is 13.6 Å². The third-order valence-electron chi connectivity index (χ3n) is 3.67. The minimum absolute atomic E-state index is 0.406. The van der Waals surface area contributed by atoms with E-state index in [1.165, 1.54) is 12.8 Å². The number of hydrogen-bond acceptors (Lipinski definition) is 4. The summed E-state index contributed by atoms with van der Waals surface area (Å²) < 4.78 is 2.03. The van der Waals surface area contributed by atoms with E-state index in [9.17, 15) is 5.26 Å². The summed E-state index contributed by atoms with van der Waals surface area (Å²) in [5.41, 5.74) is -0.406. The Kier molecular flexibility index (Phi) is 4.23. The number of nitrogens with zero attached hydrogens (tertiary/aromatic N) is 4. The molecule has 1 heterocycles. The zero-order chi connectivity index (χ0) is 13.9. The summed E-state index contributed by atoms with van der Waals surface area (Å²) in [6.07, 6.45) is 7.02. The number of nitriles is 1. The van der Waals surface area contributed by atoms with E-state index in [2.05, 4.69) is 28.3 Å². The molecular weight excluding hydrogens is 238 g/mol. The maximum atomic E-state index is 9.33. The number of rotatable bonds is 7. The Hall–Kier alpha value is -1.38. The molecule has 0 saturated heterocycles. The van der Waals surface area contributed by atoms with Crippen LogP contribution in [0.5, 0.6) is 0 Å². The molecule has 1 atom stereocenters. The van der Waals surface area contributed by atoms with Gasteiger partial charge in [0.1, 0.15) is 11.4 Å². The van der Waals surface area contributed by atoms with E-state index in [0.29, 0.717) is 6.04 Å². The van der Waals surface area contributed by atoms with Crippen molar-refractivity contribution in [2.75, 3.05) is 13.6 Å². The second kappa shape index (κ2) is 5.72. The second-order valence-corrected chi connectivity index (χ2v) is 5.80. The summed E-state index contributed by atoms with van der Waals surface area (Å²) in [5, 5.41) is 12.8. The molecule has 0 aromatic carbocycles. The number of aromatic nitrogens is 2. The average Bonchev–Trinajstić information content (AvgIpc) is 3.10. The molecule has 104 valence electrons. The molecule has 1 aliphatic rings. The van der Waals surface area contributed by atoms with Crippen LogP contribution < -0.4 is 5.32 Å². The summed E-state index contributed by atoms with van der Waals surface area (Å²) in [7, 11) is 4.08. The fourth-order valence-corrected chi connectivity index (χ4v) is 2.12. The van der Waals surface area contributed by atoms with Gasteiger partial charge in [-0.15, -0.1) is 0 Å². The largest absolute Gasteiger partial charge is 0.337 e. The lowest BCUT2D eigenvalue weighted by Crippen LogP contribution is -2.44. The standard InChI is InChI=1S/C14H23N5/c1-14(11-15,17-12-4-5-12)6-8-18(2)10-13-16-7-9-19(13)3/h7,9,12,17H,4-6,8,10H2,1-3H3. The first-order valence-corrected chi connectivity index (χ1v) is 6.86. The van der Waals surface area contributed by atoms with Crippen molar-refractivity contribution in [2.24, 2.45) is 7.05 Å². The van der Waals surface area contributed by atoms with Crippen molar-refractivity contribution < 1.29 is 0 Å². The molecule has 5 nitrogen and oxygen atoms in total. The first-order valence-electron chi connectivity index (χ1n) is 6.86. The molecule has 1 unspecified atom stereocenters. The van der Waals surface area contributed by atoms with Gasteiger partial charge in [0, 0.05) is 32.0 Å². The molecule has 1 aliphatic carbocycles. The van der Waals surface area contributed by atoms with Crippen LogP contribution in [-0.4, -0.2) is 39.6 Å². The molecule has 19 heavy (non-hydrogen) atoms. The lowest BCUT2D eigenvalue weighted by Gasteiger charge is -2.26. The molecule has 0 bridgehead atoms. The van der Waals surface area contributed by atoms with Crippen molar-refractivity contribution in [3.63, 3.8) is 0 Å². The van der Waals surface area contributed by atoms with Gasteiger partial charge in [0.2, 0.25) is 0 Å². The zero-order valence-electron chi connectivity index (χ0n) is 12.1. The van der Waals surface area contributed by atoms with Gasteiger partial charge in [-0.25, -0.2) is 4.98 Å². The molecule has 2 rings (SSSR count). The molecule has 1 N–H and O–H groups in total. The Bertz CT molecular complexity index is 457. The molecule has 0 radical (unpaired) electrons. The maximum absolute atomic E-state index is 9.33. The van der Waals surface area contributed by atoms with Gasteiger partial charge in [0.15, 0.2) is 0 Å². The lowest BCUT2D eigenvalue weighted by atomic mass is 9.99. The molecule has 5 heteroatoms. The monoisotopic (exact) mass is 261 g/mol. The van der Waals surface area contributed by atoms with E-state index in [4.69, 9.17) is 0 Å². The van der Waals surface area contributed by atoms with E-state index in [1.54, 1.807) is 0 Å². The van der Waals surface area contributed by atoms with Crippen LogP contribution in [0.1, 0.15) is 32.0 Å². The van der Waals surface area contributed by atoms with Crippen LogP contribution in [0.25, 0.3) is 0 Å². The molecule has 1 fully saturated rings. The highest BCUT2D eigenvalue weighted by molar-refractivity contribution is 5.07. The van der Waals surface area contributed by atoms with Gasteiger partial charge in [0.05, 0.1) is 12.6 Å². The Morgan fingerprint density at radius 2 is 2.37 bits per heavy atom. The van der Waals surface area contributed by atoms with Crippen molar-refractivity contribution in [1.82, 2.24) is 19.8 Å².